The van der Waals surface area contributed by atoms with Gasteiger partial charge in [-0.15, -0.1) is 0 Å². The molecule has 1 N–H and O–H groups in total. The lowest BCUT2D eigenvalue weighted by molar-refractivity contribution is -0.814. The maximum Gasteiger partial charge on any atom is 0.207 e. The van der Waals surface area contributed by atoms with Crippen LogP contribution < -0.4 is 5.32 Å². The number of carbonyl (C=O) groups is 1. The maximum absolute atomic E-state index is 10.4. The highest BCUT2D eigenvalue weighted by molar-refractivity contribution is 5.76. The summed E-state index contributed by atoms with van der Waals surface area (Å²) in [5, 5.41) is 2.79. The normalized spacial score (nSPS) is 19.0. The summed E-state index contributed by atoms with van der Waals surface area (Å²) in [6, 6.07) is 0. The number of unbranched alkanes of at least 4 members (excludes halogenated alkanes) is 14. The molecule has 0 spiro atoms. The van der Waals surface area contributed by atoms with Crippen molar-refractivity contribution in [3.05, 3.63) is 0 Å². The minimum Gasteiger partial charge on any atom is -0.353 e. The molecule has 1 heterocycles. The molecular formula is C24H48N3O+. The molecule has 4 nitrogen and oxygen atoms in total. The number of nitrogens with one attached hydrogen (secondary N) is 1. The lowest BCUT2D eigenvalue weighted by atomic mass is 10.0. The topological polar surface area (TPSA) is 41.5 Å². The first kappa shape index (κ1) is 25.1. The van der Waals surface area contributed by atoms with Crippen LogP contribution >= 0.6 is 0 Å². The number of likely N-dealkylation sites (N-methyl/N-ethyl adjacent to an activating group) is 1. The Kier molecular flexibility index (Phi) is 15.3. The van der Waals surface area contributed by atoms with E-state index in [0.717, 1.165) is 43.5 Å². The highest BCUT2D eigenvalue weighted by Gasteiger charge is 2.32. The third-order valence-electron chi connectivity index (χ3n) is 6.35. The van der Waals surface area contributed by atoms with Gasteiger partial charge in [0.25, 0.3) is 0 Å². The third-order valence-corrected chi connectivity index (χ3v) is 6.35. The largest absolute Gasteiger partial charge is 0.353 e. The number of amides is 1. The van der Waals surface area contributed by atoms with E-state index in [-0.39, 0.29) is 0 Å². The second-order valence-electron chi connectivity index (χ2n) is 8.91. The molecule has 0 saturated carbocycles. The van der Waals surface area contributed by atoms with E-state index in [1.165, 1.54) is 102 Å². The zero-order valence-electron chi connectivity index (χ0n) is 19.0. The molecule has 1 atom stereocenters. The summed E-state index contributed by atoms with van der Waals surface area (Å²) < 4.78 is 0.930. The van der Waals surface area contributed by atoms with Crippen LogP contribution in [0.2, 0.25) is 0 Å². The Morgan fingerprint density at radius 1 is 0.857 bits per heavy atom. The van der Waals surface area contributed by atoms with E-state index in [9.17, 15) is 4.79 Å². The smallest absolute Gasteiger partial charge is 0.207 e. The Morgan fingerprint density at radius 2 is 1.36 bits per heavy atom. The average molecular weight is 395 g/mol. The minimum atomic E-state index is 0.748. The summed E-state index contributed by atoms with van der Waals surface area (Å²) in [4.78, 5) is 15.2. The number of aliphatic imine (C=N–C) groups is 1. The molecule has 0 aromatic heterocycles. The number of rotatable bonds is 20. The van der Waals surface area contributed by atoms with Crippen LogP contribution in [0.5, 0.6) is 0 Å². The van der Waals surface area contributed by atoms with Crippen LogP contribution in [0.1, 0.15) is 110 Å². The van der Waals surface area contributed by atoms with Gasteiger partial charge in [0.15, 0.2) is 5.84 Å². The monoisotopic (exact) mass is 394 g/mol. The standard InChI is InChI=1S/C24H47N3O/c1-3-4-5-6-7-8-9-10-11-12-13-14-15-16-17-18-24-26-20-22-27(24,2)21-19-25-23-28/h23H,3-22H2,1-2H3/p+1. The van der Waals surface area contributed by atoms with Crippen molar-refractivity contribution in [3.63, 3.8) is 0 Å². The van der Waals surface area contributed by atoms with Crippen LogP contribution in [-0.2, 0) is 4.79 Å². The molecule has 0 aromatic carbocycles. The van der Waals surface area contributed by atoms with E-state index < -0.39 is 0 Å². The van der Waals surface area contributed by atoms with Gasteiger partial charge in [-0.05, 0) is 6.42 Å². The van der Waals surface area contributed by atoms with Crippen LogP contribution in [0.25, 0.3) is 0 Å². The van der Waals surface area contributed by atoms with Gasteiger partial charge in [0.1, 0.15) is 13.1 Å². The van der Waals surface area contributed by atoms with E-state index >= 15 is 0 Å². The first-order valence-corrected chi connectivity index (χ1v) is 12.3. The lowest BCUT2D eigenvalue weighted by Crippen LogP contribution is -2.50. The summed E-state index contributed by atoms with van der Waals surface area (Å²) in [5.41, 5.74) is 0. The number of hydrogen-bond donors (Lipinski definition) is 1. The second-order valence-corrected chi connectivity index (χ2v) is 8.91. The van der Waals surface area contributed by atoms with Gasteiger partial charge in [-0.2, -0.15) is 0 Å². The van der Waals surface area contributed by atoms with Crippen LogP contribution in [-0.4, -0.2) is 50.0 Å². The molecule has 4 heteroatoms. The average Bonchev–Trinajstić information content (AvgIpc) is 3.05. The van der Waals surface area contributed by atoms with E-state index in [1.54, 1.807) is 0 Å². The summed E-state index contributed by atoms with van der Waals surface area (Å²) in [6.45, 7) is 6.05. The van der Waals surface area contributed by atoms with Gasteiger partial charge in [0, 0.05) is 6.42 Å². The van der Waals surface area contributed by atoms with E-state index in [2.05, 4.69) is 19.3 Å². The van der Waals surface area contributed by atoms with Crippen molar-refractivity contribution in [2.75, 3.05) is 33.2 Å². The zero-order valence-corrected chi connectivity index (χ0v) is 19.0. The number of amidine groups is 1. The van der Waals surface area contributed by atoms with Gasteiger partial charge in [-0.1, -0.05) is 96.8 Å². The first-order valence-electron chi connectivity index (χ1n) is 12.3. The maximum atomic E-state index is 10.4. The zero-order chi connectivity index (χ0) is 20.3. The predicted molar refractivity (Wildman–Crippen MR) is 122 cm³/mol. The molecule has 0 aromatic rings. The SMILES string of the molecule is CCCCCCCCCCCCCCCCCC1=NCC[N+]1(C)CCNC=O. The fourth-order valence-corrected chi connectivity index (χ4v) is 4.31. The lowest BCUT2D eigenvalue weighted by Gasteiger charge is -2.30. The molecule has 0 bridgehead atoms. The van der Waals surface area contributed by atoms with Crippen molar-refractivity contribution in [1.82, 2.24) is 5.32 Å². The molecule has 0 saturated heterocycles. The molecular weight excluding hydrogens is 346 g/mol. The number of quaternary nitrogens is 1. The van der Waals surface area contributed by atoms with Crippen LogP contribution in [0.3, 0.4) is 0 Å². The summed E-state index contributed by atoms with van der Waals surface area (Å²) in [7, 11) is 2.27. The van der Waals surface area contributed by atoms with Crippen molar-refractivity contribution in [2.24, 2.45) is 4.99 Å². The summed E-state index contributed by atoms with van der Waals surface area (Å²) >= 11 is 0. The van der Waals surface area contributed by atoms with Crippen molar-refractivity contribution < 1.29 is 9.28 Å². The Balaban J connectivity index is 1.88. The molecule has 164 valence electrons. The highest BCUT2D eigenvalue weighted by atomic mass is 16.1. The first-order chi connectivity index (χ1) is 13.7. The van der Waals surface area contributed by atoms with Gasteiger partial charge in [-0.3, -0.25) is 9.28 Å². The fourth-order valence-electron chi connectivity index (χ4n) is 4.31. The summed E-state index contributed by atoms with van der Waals surface area (Å²) in [6.07, 6.45) is 23.1. The Hall–Kier alpha value is -0.900. The molecule has 28 heavy (non-hydrogen) atoms. The van der Waals surface area contributed by atoms with Crippen LogP contribution in [0.15, 0.2) is 4.99 Å². The number of hydrogen-bond acceptors (Lipinski definition) is 2. The Bertz CT molecular complexity index is 411. The number of nitrogens with zero attached hydrogens (tertiary/aromatic N) is 2. The predicted octanol–water partition coefficient (Wildman–Crippen LogP) is 5.85. The van der Waals surface area contributed by atoms with Gasteiger partial charge in [-0.25, -0.2) is 4.99 Å². The van der Waals surface area contributed by atoms with Gasteiger partial charge in [0.2, 0.25) is 6.41 Å². The van der Waals surface area contributed by atoms with Crippen LogP contribution in [0, 0.1) is 0 Å². The van der Waals surface area contributed by atoms with Crippen molar-refractivity contribution in [1.29, 1.82) is 0 Å². The fraction of sp³-hybridized carbons (Fsp3) is 0.917. The van der Waals surface area contributed by atoms with Gasteiger partial charge < -0.3 is 5.32 Å². The molecule has 0 aliphatic carbocycles. The van der Waals surface area contributed by atoms with E-state index in [1.807, 2.05) is 0 Å². The minimum absolute atomic E-state index is 0.748. The summed E-state index contributed by atoms with van der Waals surface area (Å²) in [5.74, 6) is 1.35. The van der Waals surface area contributed by atoms with Crippen molar-refractivity contribution in [3.8, 4) is 0 Å². The quantitative estimate of drug-likeness (QED) is 0.157. The van der Waals surface area contributed by atoms with Crippen molar-refractivity contribution in [2.45, 2.75) is 110 Å². The molecule has 0 fully saturated rings. The van der Waals surface area contributed by atoms with Gasteiger partial charge in [0.05, 0.1) is 20.1 Å². The number of carbonyl (C=O) groups excluding carboxylic acids is 1. The molecule has 1 amide bonds. The second kappa shape index (κ2) is 17.0. The molecule has 1 aliphatic rings. The Labute approximate surface area is 175 Å². The Morgan fingerprint density at radius 3 is 1.86 bits per heavy atom. The molecule has 1 rings (SSSR count). The molecule has 0 radical (unpaired) electrons. The van der Waals surface area contributed by atoms with E-state index in [0.29, 0.717) is 0 Å². The highest BCUT2D eigenvalue weighted by Crippen LogP contribution is 2.18. The van der Waals surface area contributed by atoms with Crippen LogP contribution in [0.4, 0.5) is 0 Å². The van der Waals surface area contributed by atoms with Gasteiger partial charge >= 0.3 is 0 Å². The molecule has 1 unspecified atom stereocenters. The third kappa shape index (κ3) is 11.8. The molecule has 1 aliphatic heterocycles. The van der Waals surface area contributed by atoms with Crippen molar-refractivity contribution >= 4 is 12.2 Å². The van der Waals surface area contributed by atoms with E-state index in [4.69, 9.17) is 4.99 Å².